The molecule has 1 aromatic carbocycles. The second-order valence-corrected chi connectivity index (χ2v) is 7.44. The fraction of sp³-hybridized carbons (Fsp3) is 0.474. The standard InChI is InChI=1S/C19H20ClN3O4/c20-13-1-2-15-14(11-13)21-19(27-15)12-5-8-22(9-6-12)16(24)7-10-23-17(25)3-4-18(23)26/h1-2,11-12H,3-10H2. The van der Waals surface area contributed by atoms with Crippen LogP contribution in [0.5, 0.6) is 0 Å². The molecule has 3 amide bonds. The van der Waals surface area contributed by atoms with Gasteiger partial charge in [-0.05, 0) is 31.0 Å². The fourth-order valence-corrected chi connectivity index (χ4v) is 3.87. The number of hydrogen-bond acceptors (Lipinski definition) is 5. The number of hydrogen-bond donors (Lipinski definition) is 0. The van der Waals surface area contributed by atoms with E-state index >= 15 is 0 Å². The van der Waals surface area contributed by atoms with Gasteiger partial charge in [-0.2, -0.15) is 0 Å². The highest BCUT2D eigenvalue weighted by Crippen LogP contribution is 2.31. The molecule has 1 aromatic heterocycles. The number of carbonyl (C=O) groups is 3. The van der Waals surface area contributed by atoms with E-state index < -0.39 is 0 Å². The summed E-state index contributed by atoms with van der Waals surface area (Å²) in [6.45, 7) is 1.41. The molecule has 0 radical (unpaired) electrons. The van der Waals surface area contributed by atoms with Gasteiger partial charge in [-0.1, -0.05) is 11.6 Å². The predicted octanol–water partition coefficient (Wildman–Crippen LogP) is 2.73. The van der Waals surface area contributed by atoms with Gasteiger partial charge in [0.1, 0.15) is 5.52 Å². The Morgan fingerprint density at radius 2 is 1.89 bits per heavy atom. The van der Waals surface area contributed by atoms with Crippen LogP contribution < -0.4 is 0 Å². The summed E-state index contributed by atoms with van der Waals surface area (Å²) in [6.07, 6.45) is 2.24. The van der Waals surface area contributed by atoms with Crippen LogP contribution in [0.15, 0.2) is 22.6 Å². The first-order chi connectivity index (χ1) is 13.0. The monoisotopic (exact) mass is 389 g/mol. The molecule has 0 atom stereocenters. The Bertz CT molecular complexity index is 885. The molecule has 7 nitrogen and oxygen atoms in total. The van der Waals surface area contributed by atoms with Gasteiger partial charge in [-0.3, -0.25) is 19.3 Å². The summed E-state index contributed by atoms with van der Waals surface area (Å²) in [5.74, 6) is 0.477. The number of benzene rings is 1. The number of fused-ring (bicyclic) bond motifs is 1. The van der Waals surface area contributed by atoms with Crippen molar-refractivity contribution in [2.75, 3.05) is 19.6 Å². The number of aromatic nitrogens is 1. The summed E-state index contributed by atoms with van der Waals surface area (Å²) >= 11 is 5.99. The number of carbonyl (C=O) groups excluding carboxylic acids is 3. The van der Waals surface area contributed by atoms with Crippen LogP contribution in [0.3, 0.4) is 0 Å². The highest BCUT2D eigenvalue weighted by molar-refractivity contribution is 6.31. The van der Waals surface area contributed by atoms with E-state index in [-0.39, 0.29) is 49.4 Å². The summed E-state index contributed by atoms with van der Waals surface area (Å²) in [5.41, 5.74) is 1.46. The second kappa shape index (κ2) is 7.31. The van der Waals surface area contributed by atoms with Crippen molar-refractivity contribution < 1.29 is 18.8 Å². The lowest BCUT2D eigenvalue weighted by Gasteiger charge is -2.31. The zero-order valence-corrected chi connectivity index (χ0v) is 15.6. The van der Waals surface area contributed by atoms with Crippen molar-refractivity contribution in [3.05, 3.63) is 29.1 Å². The molecule has 27 heavy (non-hydrogen) atoms. The number of amides is 3. The molecule has 8 heteroatoms. The van der Waals surface area contributed by atoms with E-state index in [1.807, 2.05) is 6.07 Å². The fourth-order valence-electron chi connectivity index (χ4n) is 3.71. The van der Waals surface area contributed by atoms with Gasteiger partial charge in [-0.15, -0.1) is 0 Å². The maximum absolute atomic E-state index is 12.4. The molecule has 3 heterocycles. The Kier molecular flexibility index (Phi) is 4.86. The van der Waals surface area contributed by atoms with E-state index in [2.05, 4.69) is 4.98 Å². The third-order valence-corrected chi connectivity index (χ3v) is 5.50. The number of rotatable bonds is 4. The predicted molar refractivity (Wildman–Crippen MR) is 98.1 cm³/mol. The molecule has 2 fully saturated rings. The van der Waals surface area contributed by atoms with Crippen LogP contribution in [-0.2, 0) is 14.4 Å². The van der Waals surface area contributed by atoms with Gasteiger partial charge < -0.3 is 9.32 Å². The van der Waals surface area contributed by atoms with Crippen LogP contribution in [0.4, 0.5) is 0 Å². The summed E-state index contributed by atoms with van der Waals surface area (Å²) in [5, 5.41) is 0.623. The molecule has 142 valence electrons. The number of piperidine rings is 1. The minimum atomic E-state index is -0.178. The lowest BCUT2D eigenvalue weighted by atomic mass is 9.96. The van der Waals surface area contributed by atoms with Crippen molar-refractivity contribution in [3.63, 3.8) is 0 Å². The van der Waals surface area contributed by atoms with E-state index in [0.29, 0.717) is 29.6 Å². The Morgan fingerprint density at radius 3 is 2.59 bits per heavy atom. The summed E-state index contributed by atoms with van der Waals surface area (Å²) in [4.78, 5) is 43.2. The van der Waals surface area contributed by atoms with Crippen LogP contribution in [0.1, 0.15) is 43.9 Å². The maximum atomic E-state index is 12.4. The van der Waals surface area contributed by atoms with E-state index in [4.69, 9.17) is 16.0 Å². The van der Waals surface area contributed by atoms with E-state index in [1.54, 1.807) is 17.0 Å². The van der Waals surface area contributed by atoms with E-state index in [0.717, 1.165) is 18.4 Å². The molecule has 2 saturated heterocycles. The minimum absolute atomic E-state index is 0.0229. The van der Waals surface area contributed by atoms with E-state index in [1.165, 1.54) is 4.90 Å². The average Bonchev–Trinajstić information content (AvgIpc) is 3.23. The molecule has 2 aromatic rings. The Morgan fingerprint density at radius 1 is 1.19 bits per heavy atom. The smallest absolute Gasteiger partial charge is 0.229 e. The topological polar surface area (TPSA) is 83.7 Å². The van der Waals surface area contributed by atoms with Crippen LogP contribution in [0.2, 0.25) is 5.02 Å². The summed E-state index contributed by atoms with van der Waals surface area (Å²) in [7, 11) is 0. The first-order valence-electron chi connectivity index (χ1n) is 9.18. The molecule has 0 aliphatic carbocycles. The summed E-state index contributed by atoms with van der Waals surface area (Å²) in [6, 6.07) is 5.37. The SMILES string of the molecule is O=C(CCN1C(=O)CCC1=O)N1CCC(c2nc3cc(Cl)ccc3o2)CC1. The molecule has 4 rings (SSSR count). The van der Waals surface area contributed by atoms with Crippen molar-refractivity contribution in [2.45, 2.75) is 38.0 Å². The molecule has 0 bridgehead atoms. The van der Waals surface area contributed by atoms with Gasteiger partial charge in [0, 0.05) is 49.8 Å². The maximum Gasteiger partial charge on any atom is 0.229 e. The highest BCUT2D eigenvalue weighted by atomic mass is 35.5. The van der Waals surface area contributed by atoms with Crippen molar-refractivity contribution in [1.82, 2.24) is 14.8 Å². The van der Waals surface area contributed by atoms with Crippen LogP contribution in [0, 0.1) is 0 Å². The number of imide groups is 1. The minimum Gasteiger partial charge on any atom is -0.440 e. The first kappa shape index (κ1) is 18.0. The van der Waals surface area contributed by atoms with Crippen LogP contribution >= 0.6 is 11.6 Å². The van der Waals surface area contributed by atoms with Crippen LogP contribution in [0.25, 0.3) is 11.1 Å². The number of nitrogens with zero attached hydrogens (tertiary/aromatic N) is 3. The third kappa shape index (κ3) is 3.69. The zero-order valence-electron chi connectivity index (χ0n) is 14.8. The highest BCUT2D eigenvalue weighted by Gasteiger charge is 2.31. The van der Waals surface area contributed by atoms with Crippen LogP contribution in [-0.4, -0.2) is 52.1 Å². The van der Waals surface area contributed by atoms with Gasteiger partial charge in [0.2, 0.25) is 17.7 Å². The molecular weight excluding hydrogens is 370 g/mol. The van der Waals surface area contributed by atoms with Gasteiger partial charge in [0.25, 0.3) is 0 Å². The second-order valence-electron chi connectivity index (χ2n) is 7.01. The van der Waals surface area contributed by atoms with Crippen molar-refractivity contribution >= 4 is 40.4 Å². The van der Waals surface area contributed by atoms with Crippen molar-refractivity contribution in [2.24, 2.45) is 0 Å². The normalized spacial score (nSPS) is 18.7. The number of oxazole rings is 1. The number of likely N-dealkylation sites (tertiary alicyclic amines) is 2. The van der Waals surface area contributed by atoms with Crippen molar-refractivity contribution in [3.8, 4) is 0 Å². The molecule has 0 saturated carbocycles. The molecule has 0 unspecified atom stereocenters. The molecule has 2 aliphatic rings. The molecule has 0 N–H and O–H groups in total. The Balaban J connectivity index is 1.32. The molecular formula is C19H20ClN3O4. The zero-order chi connectivity index (χ0) is 19.0. The quantitative estimate of drug-likeness (QED) is 0.751. The first-order valence-corrected chi connectivity index (χ1v) is 9.56. The van der Waals surface area contributed by atoms with Crippen molar-refractivity contribution in [1.29, 1.82) is 0 Å². The Labute approximate surface area is 161 Å². The largest absolute Gasteiger partial charge is 0.440 e. The molecule has 2 aliphatic heterocycles. The van der Waals surface area contributed by atoms with Gasteiger partial charge >= 0.3 is 0 Å². The van der Waals surface area contributed by atoms with Gasteiger partial charge in [-0.25, -0.2) is 4.98 Å². The Hall–Kier alpha value is -2.41. The number of halogens is 1. The lowest BCUT2D eigenvalue weighted by Crippen LogP contribution is -2.40. The molecule has 0 spiro atoms. The summed E-state index contributed by atoms with van der Waals surface area (Å²) < 4.78 is 5.84. The van der Waals surface area contributed by atoms with E-state index in [9.17, 15) is 14.4 Å². The van der Waals surface area contributed by atoms with Gasteiger partial charge in [0.15, 0.2) is 11.5 Å². The third-order valence-electron chi connectivity index (χ3n) is 5.27. The van der Waals surface area contributed by atoms with Gasteiger partial charge in [0.05, 0.1) is 0 Å². The lowest BCUT2D eigenvalue weighted by molar-refractivity contribution is -0.139. The average molecular weight is 390 g/mol.